The normalized spacial score (nSPS) is 30.4. The van der Waals surface area contributed by atoms with Crippen molar-refractivity contribution >= 4 is 0 Å². The quantitative estimate of drug-likeness (QED) is 0.630. The SMILES string of the molecule is Cc1ccc(C2CC(C)CC(C)C2)c(C)c1. The van der Waals surface area contributed by atoms with Gasteiger partial charge < -0.3 is 0 Å². The predicted octanol–water partition coefficient (Wildman–Crippen LogP) is 4.84. The molecule has 0 heteroatoms. The van der Waals surface area contributed by atoms with Crippen molar-refractivity contribution in [3.8, 4) is 0 Å². The van der Waals surface area contributed by atoms with Crippen LogP contribution in [0.4, 0.5) is 0 Å². The average Bonchev–Trinajstić information content (AvgIpc) is 2.15. The molecule has 1 saturated carbocycles. The largest absolute Gasteiger partial charge is 0.0625 e. The van der Waals surface area contributed by atoms with Crippen molar-refractivity contribution in [2.45, 2.75) is 52.9 Å². The van der Waals surface area contributed by atoms with E-state index in [9.17, 15) is 0 Å². The van der Waals surface area contributed by atoms with Gasteiger partial charge in [-0.15, -0.1) is 0 Å². The van der Waals surface area contributed by atoms with E-state index < -0.39 is 0 Å². The van der Waals surface area contributed by atoms with Crippen LogP contribution in [0, 0.1) is 25.7 Å². The standard InChI is InChI=1S/C16H24/c1-11-5-6-16(14(4)8-11)15-9-12(2)7-13(3)10-15/h5-6,8,12-13,15H,7,9-10H2,1-4H3. The van der Waals surface area contributed by atoms with Crippen LogP contribution in [-0.4, -0.2) is 0 Å². The lowest BCUT2D eigenvalue weighted by atomic mass is 9.73. The Bertz CT molecular complexity index is 354. The third kappa shape index (κ3) is 2.48. The van der Waals surface area contributed by atoms with Gasteiger partial charge in [0, 0.05) is 0 Å². The van der Waals surface area contributed by atoms with Crippen LogP contribution in [0.25, 0.3) is 0 Å². The van der Waals surface area contributed by atoms with Crippen molar-refractivity contribution < 1.29 is 0 Å². The van der Waals surface area contributed by atoms with Crippen LogP contribution in [0.15, 0.2) is 18.2 Å². The van der Waals surface area contributed by atoms with Gasteiger partial charge >= 0.3 is 0 Å². The highest BCUT2D eigenvalue weighted by Gasteiger charge is 2.25. The Balaban J connectivity index is 2.23. The molecule has 2 rings (SSSR count). The second kappa shape index (κ2) is 4.61. The summed E-state index contributed by atoms with van der Waals surface area (Å²) in [6, 6.07) is 6.96. The van der Waals surface area contributed by atoms with Gasteiger partial charge in [0.25, 0.3) is 0 Å². The zero-order chi connectivity index (χ0) is 11.7. The van der Waals surface area contributed by atoms with Crippen LogP contribution in [0.2, 0.25) is 0 Å². The van der Waals surface area contributed by atoms with Crippen LogP contribution >= 0.6 is 0 Å². The van der Waals surface area contributed by atoms with Gasteiger partial charge in [-0.3, -0.25) is 0 Å². The molecule has 1 fully saturated rings. The van der Waals surface area contributed by atoms with Crippen LogP contribution in [0.1, 0.15) is 55.7 Å². The van der Waals surface area contributed by atoms with Crippen molar-refractivity contribution in [2.75, 3.05) is 0 Å². The molecule has 0 bridgehead atoms. The minimum absolute atomic E-state index is 0.805. The fourth-order valence-corrected chi connectivity index (χ4v) is 3.48. The number of rotatable bonds is 1. The van der Waals surface area contributed by atoms with Crippen molar-refractivity contribution in [1.29, 1.82) is 0 Å². The first-order chi connectivity index (χ1) is 7.56. The van der Waals surface area contributed by atoms with Crippen LogP contribution < -0.4 is 0 Å². The first-order valence-corrected chi connectivity index (χ1v) is 6.63. The van der Waals surface area contributed by atoms with E-state index in [1.165, 1.54) is 30.4 Å². The molecule has 1 aliphatic rings. The molecule has 88 valence electrons. The molecule has 0 N–H and O–H groups in total. The van der Waals surface area contributed by atoms with Gasteiger partial charge in [0.1, 0.15) is 0 Å². The molecule has 0 amide bonds. The van der Waals surface area contributed by atoms with Crippen LogP contribution in [-0.2, 0) is 0 Å². The van der Waals surface area contributed by atoms with E-state index in [4.69, 9.17) is 0 Å². The molecule has 0 aromatic heterocycles. The third-order valence-electron chi connectivity index (χ3n) is 4.04. The molecule has 0 spiro atoms. The monoisotopic (exact) mass is 216 g/mol. The van der Waals surface area contributed by atoms with Gasteiger partial charge in [-0.25, -0.2) is 0 Å². The minimum atomic E-state index is 0.805. The zero-order valence-electron chi connectivity index (χ0n) is 11.1. The van der Waals surface area contributed by atoms with Crippen LogP contribution in [0.3, 0.4) is 0 Å². The van der Waals surface area contributed by atoms with E-state index in [0.717, 1.165) is 17.8 Å². The molecule has 1 aromatic rings. The highest BCUT2D eigenvalue weighted by molar-refractivity contribution is 5.33. The first-order valence-electron chi connectivity index (χ1n) is 6.63. The third-order valence-corrected chi connectivity index (χ3v) is 4.04. The summed E-state index contributed by atoms with van der Waals surface area (Å²) in [5, 5.41) is 0. The van der Waals surface area contributed by atoms with Crippen molar-refractivity contribution in [3.63, 3.8) is 0 Å². The van der Waals surface area contributed by atoms with E-state index in [1.807, 2.05) is 0 Å². The summed E-state index contributed by atoms with van der Waals surface area (Å²) in [6.07, 6.45) is 4.18. The van der Waals surface area contributed by atoms with Gasteiger partial charge in [-0.1, -0.05) is 37.6 Å². The van der Waals surface area contributed by atoms with Gasteiger partial charge in [0.2, 0.25) is 0 Å². The fraction of sp³-hybridized carbons (Fsp3) is 0.625. The molecule has 0 nitrogen and oxygen atoms in total. The molecular formula is C16H24. The summed E-state index contributed by atoms with van der Waals surface area (Å²) in [6.45, 7) is 9.27. The highest BCUT2D eigenvalue weighted by atomic mass is 14.3. The van der Waals surface area contributed by atoms with Crippen molar-refractivity contribution in [2.24, 2.45) is 11.8 Å². The number of benzene rings is 1. The molecule has 1 aliphatic carbocycles. The molecular weight excluding hydrogens is 192 g/mol. The van der Waals surface area contributed by atoms with E-state index in [1.54, 1.807) is 5.56 Å². The Labute approximate surface area is 100 Å². The van der Waals surface area contributed by atoms with Crippen molar-refractivity contribution in [3.05, 3.63) is 34.9 Å². The molecule has 1 aromatic carbocycles. The van der Waals surface area contributed by atoms with Gasteiger partial charge in [0.15, 0.2) is 0 Å². The molecule has 0 saturated heterocycles. The minimum Gasteiger partial charge on any atom is -0.0625 e. The van der Waals surface area contributed by atoms with E-state index in [2.05, 4.69) is 45.9 Å². The van der Waals surface area contributed by atoms with Crippen molar-refractivity contribution in [1.82, 2.24) is 0 Å². The maximum Gasteiger partial charge on any atom is -0.0154 e. The molecule has 0 aliphatic heterocycles. The highest BCUT2D eigenvalue weighted by Crippen LogP contribution is 2.40. The van der Waals surface area contributed by atoms with E-state index in [0.29, 0.717) is 0 Å². The molecule has 2 atom stereocenters. The summed E-state index contributed by atoms with van der Waals surface area (Å²) in [5.41, 5.74) is 4.48. The maximum absolute atomic E-state index is 2.41. The summed E-state index contributed by atoms with van der Waals surface area (Å²) < 4.78 is 0. The topological polar surface area (TPSA) is 0 Å². The second-order valence-electron chi connectivity index (χ2n) is 5.97. The molecule has 0 radical (unpaired) electrons. The lowest BCUT2D eigenvalue weighted by molar-refractivity contribution is 0.268. The van der Waals surface area contributed by atoms with Gasteiger partial charge in [-0.2, -0.15) is 0 Å². The van der Waals surface area contributed by atoms with Crippen LogP contribution in [0.5, 0.6) is 0 Å². The van der Waals surface area contributed by atoms with E-state index >= 15 is 0 Å². The number of hydrogen-bond donors (Lipinski definition) is 0. The fourth-order valence-electron chi connectivity index (χ4n) is 3.48. The molecule has 0 heterocycles. The predicted molar refractivity (Wildman–Crippen MR) is 70.8 cm³/mol. The molecule has 16 heavy (non-hydrogen) atoms. The number of hydrogen-bond acceptors (Lipinski definition) is 0. The van der Waals surface area contributed by atoms with Gasteiger partial charge in [0.05, 0.1) is 0 Å². The Morgan fingerprint density at radius 2 is 1.56 bits per heavy atom. The van der Waals surface area contributed by atoms with Gasteiger partial charge in [-0.05, 0) is 62.0 Å². The second-order valence-corrected chi connectivity index (χ2v) is 5.97. The summed E-state index contributed by atoms with van der Waals surface area (Å²) in [4.78, 5) is 0. The Morgan fingerprint density at radius 3 is 2.12 bits per heavy atom. The maximum atomic E-state index is 2.41. The average molecular weight is 216 g/mol. The number of aryl methyl sites for hydroxylation is 2. The lowest BCUT2D eigenvalue weighted by Crippen LogP contribution is -2.18. The first kappa shape index (κ1) is 11.7. The Hall–Kier alpha value is -0.780. The Morgan fingerprint density at radius 1 is 0.938 bits per heavy atom. The molecule has 2 unspecified atom stereocenters. The Kier molecular flexibility index (Phi) is 3.37. The summed E-state index contributed by atoms with van der Waals surface area (Å²) in [5.74, 6) is 2.60. The zero-order valence-corrected chi connectivity index (χ0v) is 11.1. The smallest absolute Gasteiger partial charge is 0.0154 e. The summed E-state index contributed by atoms with van der Waals surface area (Å²) >= 11 is 0. The van der Waals surface area contributed by atoms with E-state index in [-0.39, 0.29) is 0 Å². The lowest BCUT2D eigenvalue weighted by Gasteiger charge is -2.32. The summed E-state index contributed by atoms with van der Waals surface area (Å²) in [7, 11) is 0.